The molecular weight excluding hydrogens is 783 g/mol. The highest BCUT2D eigenvalue weighted by Gasteiger charge is 2.51. The fourth-order valence-electron chi connectivity index (χ4n) is 4.82. The highest BCUT2D eigenvalue weighted by Crippen LogP contribution is 2.58. The van der Waals surface area contributed by atoms with E-state index in [0.717, 1.165) is 17.2 Å². The minimum Gasteiger partial charge on any atom is -0.756 e. The van der Waals surface area contributed by atoms with E-state index in [0.29, 0.717) is 0 Å². The van der Waals surface area contributed by atoms with Gasteiger partial charge in [-0.15, -0.1) is 0 Å². The summed E-state index contributed by atoms with van der Waals surface area (Å²) >= 11 is 0. The van der Waals surface area contributed by atoms with Crippen LogP contribution in [-0.4, -0.2) is 117 Å². The lowest BCUT2D eigenvalue weighted by atomic mass is 10.1. The van der Waals surface area contributed by atoms with Gasteiger partial charge < -0.3 is 60.4 Å². The van der Waals surface area contributed by atoms with Crippen molar-refractivity contribution < 1.29 is 94.9 Å². The standard InChI is InChI=1S/C21H28N7O17P3.C3H4O2/c22-17-12-19(25-7-24-17)28(8-26-12)21-16(44-46(33,34)35)14(30)11(43-21)6-41-48(38,39)45-47(36,37)40-5-10-13(29)15(31)20(42-10)27-3-1-2-9(4-27)18(23)32;1-3(5)2-4/h1-4,7-8,10-11,13-16,20-21,29-31H,5-6H2,(H7-,22,23,24,25,32,33,34,35,36,37,38,39);2H,1H3/t10-,11-,13-,14-,15-,16-,20-,21-;/m1./s1. The number of fused-ring (bicyclic) bond motifs is 1. The van der Waals surface area contributed by atoms with Crippen molar-refractivity contribution in [3.63, 3.8) is 0 Å². The predicted molar refractivity (Wildman–Crippen MR) is 165 cm³/mol. The number of phosphoric ester groups is 3. The van der Waals surface area contributed by atoms with Gasteiger partial charge in [0.15, 0.2) is 48.3 Å². The van der Waals surface area contributed by atoms with Gasteiger partial charge in [-0.05, 0) is 6.07 Å². The molecule has 292 valence electrons. The second-order valence-corrected chi connectivity index (χ2v) is 15.2. The molecule has 0 bridgehead atoms. The Labute approximate surface area is 296 Å². The number of aliphatic hydroxyl groups excluding tert-OH is 3. The summed E-state index contributed by atoms with van der Waals surface area (Å²) in [5, 5.41) is 31.5. The number of amides is 1. The number of aliphatic hydroxyl groups is 3. The molecule has 3 aromatic rings. The minimum atomic E-state index is -5.72. The van der Waals surface area contributed by atoms with Crippen molar-refractivity contribution in [3.05, 3.63) is 42.7 Å². The van der Waals surface area contributed by atoms with Crippen molar-refractivity contribution in [1.82, 2.24) is 19.5 Å². The molecule has 29 heteroatoms. The molecule has 2 unspecified atom stereocenters. The predicted octanol–water partition coefficient (Wildman–Crippen LogP) is -3.76. The Hall–Kier alpha value is -3.52. The summed E-state index contributed by atoms with van der Waals surface area (Å²) in [5.74, 6) is -1.29. The number of primary amides is 1. The number of nitrogens with two attached hydrogens (primary N) is 2. The molecule has 10 N–H and O–H groups in total. The molecule has 2 fully saturated rings. The Morgan fingerprint density at radius 2 is 1.68 bits per heavy atom. The fraction of sp³-hybridized carbons (Fsp3) is 0.458. The molecule has 0 saturated carbocycles. The van der Waals surface area contributed by atoms with Crippen molar-refractivity contribution in [2.45, 2.75) is 56.0 Å². The maximum Gasteiger partial charge on any atom is 0.478 e. The largest absolute Gasteiger partial charge is 0.756 e. The van der Waals surface area contributed by atoms with Gasteiger partial charge in [0.1, 0.15) is 47.9 Å². The van der Waals surface area contributed by atoms with Crippen LogP contribution in [0.5, 0.6) is 0 Å². The van der Waals surface area contributed by atoms with Crippen LogP contribution in [-0.2, 0) is 50.6 Å². The summed E-state index contributed by atoms with van der Waals surface area (Å²) in [7, 11) is -16.6. The highest BCUT2D eigenvalue weighted by molar-refractivity contribution is 7.60. The van der Waals surface area contributed by atoms with Gasteiger partial charge in [-0.25, -0.2) is 28.4 Å². The molecule has 2 aliphatic heterocycles. The lowest BCUT2D eigenvalue weighted by molar-refractivity contribution is -0.765. The van der Waals surface area contributed by atoms with Gasteiger partial charge in [-0.3, -0.25) is 32.6 Å². The number of carbonyl (C=O) groups excluding carboxylic acids is 3. The molecule has 2 saturated heterocycles. The highest BCUT2D eigenvalue weighted by atomic mass is 31.3. The average Bonchev–Trinajstić information content (AvgIpc) is 3.72. The number of ketones is 1. The zero-order chi connectivity index (χ0) is 39.5. The number of rotatable bonds is 14. The number of nitrogen functional groups attached to an aromatic ring is 1. The second-order valence-electron chi connectivity index (χ2n) is 11.0. The van der Waals surface area contributed by atoms with Gasteiger partial charge in [0, 0.05) is 13.0 Å². The topological polar surface area (TPSA) is 402 Å². The third-order valence-electron chi connectivity index (χ3n) is 7.14. The summed E-state index contributed by atoms with van der Waals surface area (Å²) < 4.78 is 67.9. The SMILES string of the molecule is CC(=O)C=O.NC(=O)c1ccc[n+]([C@@H]2O[C@H](COP(=O)([O-])OP(=O)(O)OC[C@H]3O[C@@H](n4cnc5c(N)ncnc54)[C@H](OP(=O)(O)O)[C@@H]3O)[C@@H](O)[C@H]2O)c1. The lowest BCUT2D eigenvalue weighted by Gasteiger charge is -2.26. The van der Waals surface area contributed by atoms with E-state index >= 15 is 0 Å². The lowest BCUT2D eigenvalue weighted by Crippen LogP contribution is -2.46. The number of aldehydes is 1. The van der Waals surface area contributed by atoms with E-state index in [-0.39, 0.29) is 28.8 Å². The molecule has 0 aromatic carbocycles. The van der Waals surface area contributed by atoms with Crippen molar-refractivity contribution in [3.8, 4) is 0 Å². The molecule has 1 amide bonds. The first-order valence-corrected chi connectivity index (χ1v) is 19.0. The number of aromatic nitrogens is 5. The van der Waals surface area contributed by atoms with Gasteiger partial charge in [0.25, 0.3) is 20.0 Å². The van der Waals surface area contributed by atoms with Crippen molar-refractivity contribution in [2.75, 3.05) is 18.9 Å². The molecule has 0 radical (unpaired) electrons. The molecule has 0 aliphatic carbocycles. The van der Waals surface area contributed by atoms with Crippen LogP contribution in [0.1, 0.15) is 29.7 Å². The van der Waals surface area contributed by atoms with Crippen LogP contribution < -0.4 is 20.9 Å². The number of Topliss-reactive ketones (excluding diaryl/α,β-unsaturated/α-hetero) is 1. The van der Waals surface area contributed by atoms with Gasteiger partial charge in [0.2, 0.25) is 0 Å². The molecule has 26 nitrogen and oxygen atoms in total. The summed E-state index contributed by atoms with van der Waals surface area (Å²) in [6.07, 6.45) is -8.32. The minimum absolute atomic E-state index is 0.00541. The van der Waals surface area contributed by atoms with Gasteiger partial charge in [-0.1, -0.05) is 0 Å². The van der Waals surface area contributed by atoms with Crippen LogP contribution >= 0.6 is 23.5 Å². The fourth-order valence-corrected chi connectivity index (χ4v) is 7.42. The van der Waals surface area contributed by atoms with Crippen molar-refractivity contribution in [1.29, 1.82) is 0 Å². The number of hydrogen-bond donors (Lipinski definition) is 8. The van der Waals surface area contributed by atoms with Crippen LogP contribution in [0.15, 0.2) is 37.2 Å². The number of imidazole rings is 1. The number of hydrogen-bond acceptors (Lipinski definition) is 20. The molecule has 53 heavy (non-hydrogen) atoms. The molecule has 5 heterocycles. The molecular formula is C24H32N7O19P3. The second kappa shape index (κ2) is 16.9. The van der Waals surface area contributed by atoms with E-state index in [1.54, 1.807) is 0 Å². The van der Waals surface area contributed by atoms with Crippen LogP contribution in [0.4, 0.5) is 5.82 Å². The van der Waals surface area contributed by atoms with Gasteiger partial charge in [0.05, 0.1) is 19.5 Å². The zero-order valence-corrected chi connectivity index (χ0v) is 29.5. The van der Waals surface area contributed by atoms with Gasteiger partial charge in [-0.2, -0.15) is 4.57 Å². The van der Waals surface area contributed by atoms with Crippen LogP contribution in [0, 0.1) is 0 Å². The van der Waals surface area contributed by atoms with Crippen molar-refractivity contribution in [2.24, 2.45) is 5.73 Å². The van der Waals surface area contributed by atoms with Crippen LogP contribution in [0.25, 0.3) is 11.2 Å². The quantitative estimate of drug-likeness (QED) is 0.0335. The number of nitrogens with zero attached hydrogens (tertiary/aromatic N) is 5. The first-order chi connectivity index (χ1) is 24.6. The van der Waals surface area contributed by atoms with E-state index < -0.39 is 97.5 Å². The maximum absolute atomic E-state index is 12.5. The van der Waals surface area contributed by atoms with E-state index in [9.17, 15) is 58.2 Å². The van der Waals surface area contributed by atoms with E-state index in [2.05, 4.69) is 32.8 Å². The smallest absolute Gasteiger partial charge is 0.478 e. The number of anilines is 1. The van der Waals surface area contributed by atoms with Crippen LogP contribution in [0.2, 0.25) is 0 Å². The average molecular weight is 815 g/mol. The normalized spacial score (nSPS) is 28.1. The summed E-state index contributed by atoms with van der Waals surface area (Å²) in [6.45, 7) is -0.908. The molecule has 3 aromatic heterocycles. The van der Waals surface area contributed by atoms with Crippen LogP contribution in [0.3, 0.4) is 0 Å². The van der Waals surface area contributed by atoms with E-state index in [1.165, 1.54) is 36.0 Å². The third-order valence-corrected chi connectivity index (χ3v) is 10.2. The first-order valence-electron chi connectivity index (χ1n) is 14.6. The number of carbonyl (C=O) groups is 3. The number of phosphoric acid groups is 3. The molecule has 5 rings (SSSR count). The van der Waals surface area contributed by atoms with Gasteiger partial charge >= 0.3 is 15.6 Å². The number of pyridine rings is 1. The Bertz CT molecular complexity index is 1960. The summed E-state index contributed by atoms with van der Waals surface area (Å²) in [6, 6.07) is 2.77. The summed E-state index contributed by atoms with van der Waals surface area (Å²) in [5.41, 5.74) is 11.1. The summed E-state index contributed by atoms with van der Waals surface area (Å²) in [4.78, 5) is 83.0. The Kier molecular flexibility index (Phi) is 13.4. The maximum atomic E-state index is 12.5. The van der Waals surface area contributed by atoms with E-state index in [1.807, 2.05) is 0 Å². The third kappa shape index (κ3) is 10.8. The monoisotopic (exact) mass is 815 g/mol. The Morgan fingerprint density at radius 1 is 1.04 bits per heavy atom. The Morgan fingerprint density at radius 3 is 2.30 bits per heavy atom. The van der Waals surface area contributed by atoms with E-state index in [4.69, 9.17) is 25.7 Å². The Balaban J connectivity index is 0.00000117. The first kappa shape index (κ1) is 42.2. The molecule has 0 spiro atoms. The molecule has 10 atom stereocenters. The molecule has 2 aliphatic rings. The van der Waals surface area contributed by atoms with Crippen molar-refractivity contribution >= 4 is 58.4 Å². The zero-order valence-electron chi connectivity index (χ0n) is 26.8. The number of ether oxygens (including phenoxy) is 2.